The summed E-state index contributed by atoms with van der Waals surface area (Å²) in [7, 11) is 0. The molecule has 3 unspecified atom stereocenters. The molecule has 1 heterocycles. The van der Waals surface area contributed by atoms with Gasteiger partial charge in [-0.15, -0.1) is 11.8 Å². The summed E-state index contributed by atoms with van der Waals surface area (Å²) in [5, 5.41) is 12.1. The SMILES string of the molecule is CC(C)C1SCC(C(=O)O)N1C(=O)NCC(C)C1CC1. The van der Waals surface area contributed by atoms with Gasteiger partial charge >= 0.3 is 12.0 Å². The molecule has 2 N–H and O–H groups in total. The molecule has 0 aromatic carbocycles. The topological polar surface area (TPSA) is 69.6 Å². The largest absolute Gasteiger partial charge is 0.480 e. The van der Waals surface area contributed by atoms with E-state index in [9.17, 15) is 14.7 Å². The number of thioether (sulfide) groups is 1. The Morgan fingerprint density at radius 1 is 1.35 bits per heavy atom. The fourth-order valence-electron chi connectivity index (χ4n) is 2.66. The molecule has 1 saturated heterocycles. The first-order chi connectivity index (χ1) is 9.41. The van der Waals surface area contributed by atoms with Gasteiger partial charge in [0.05, 0.1) is 5.37 Å². The fourth-order valence-corrected chi connectivity index (χ4v) is 4.13. The molecule has 2 aliphatic rings. The number of hydrogen-bond acceptors (Lipinski definition) is 3. The number of carbonyl (C=O) groups is 2. The van der Waals surface area contributed by atoms with Gasteiger partial charge in [-0.25, -0.2) is 9.59 Å². The second-order valence-electron chi connectivity index (χ2n) is 6.23. The Balaban J connectivity index is 1.96. The maximum atomic E-state index is 12.4. The Labute approximate surface area is 124 Å². The average Bonchev–Trinajstić information content (AvgIpc) is 3.12. The van der Waals surface area contributed by atoms with Crippen LogP contribution >= 0.6 is 11.8 Å². The lowest BCUT2D eigenvalue weighted by atomic mass is 10.1. The minimum Gasteiger partial charge on any atom is -0.480 e. The maximum absolute atomic E-state index is 12.4. The molecule has 0 radical (unpaired) electrons. The molecule has 2 amide bonds. The second-order valence-corrected chi connectivity index (χ2v) is 7.38. The molecule has 5 nitrogen and oxygen atoms in total. The van der Waals surface area contributed by atoms with E-state index in [2.05, 4.69) is 12.2 Å². The molecule has 114 valence electrons. The lowest BCUT2D eigenvalue weighted by molar-refractivity contribution is -0.141. The van der Waals surface area contributed by atoms with Crippen LogP contribution in [-0.2, 0) is 4.79 Å². The zero-order chi connectivity index (χ0) is 14.9. The average molecular weight is 300 g/mol. The van der Waals surface area contributed by atoms with E-state index >= 15 is 0 Å². The zero-order valence-corrected chi connectivity index (χ0v) is 13.2. The third-order valence-corrected chi connectivity index (χ3v) is 5.75. The molecule has 2 rings (SSSR count). The molecular weight excluding hydrogens is 276 g/mol. The van der Waals surface area contributed by atoms with E-state index in [0.29, 0.717) is 18.2 Å². The van der Waals surface area contributed by atoms with Gasteiger partial charge in [0.1, 0.15) is 6.04 Å². The van der Waals surface area contributed by atoms with Crippen molar-refractivity contribution in [2.24, 2.45) is 17.8 Å². The molecule has 20 heavy (non-hydrogen) atoms. The summed E-state index contributed by atoms with van der Waals surface area (Å²) in [6.45, 7) is 6.83. The molecule has 0 aromatic rings. The summed E-state index contributed by atoms with van der Waals surface area (Å²) < 4.78 is 0. The molecule has 3 atom stereocenters. The number of aliphatic carboxylic acids is 1. The number of nitrogens with one attached hydrogen (secondary N) is 1. The minimum absolute atomic E-state index is 0.0488. The molecule has 6 heteroatoms. The van der Waals surface area contributed by atoms with Crippen LogP contribution in [0.3, 0.4) is 0 Å². The van der Waals surface area contributed by atoms with E-state index in [4.69, 9.17) is 0 Å². The van der Waals surface area contributed by atoms with Gasteiger partial charge in [-0.2, -0.15) is 0 Å². The van der Waals surface area contributed by atoms with Gasteiger partial charge in [0.25, 0.3) is 0 Å². The summed E-state index contributed by atoms with van der Waals surface area (Å²) in [5.74, 6) is 1.03. The monoisotopic (exact) mass is 300 g/mol. The van der Waals surface area contributed by atoms with Crippen molar-refractivity contribution in [1.82, 2.24) is 10.2 Å². The highest BCUT2D eigenvalue weighted by atomic mass is 32.2. The highest BCUT2D eigenvalue weighted by Gasteiger charge is 2.43. The predicted octanol–water partition coefficient (Wildman–Crippen LogP) is 2.23. The van der Waals surface area contributed by atoms with Crippen molar-refractivity contribution in [3.05, 3.63) is 0 Å². The third kappa shape index (κ3) is 3.40. The van der Waals surface area contributed by atoms with Gasteiger partial charge in [0, 0.05) is 12.3 Å². The van der Waals surface area contributed by atoms with Crippen LogP contribution in [-0.4, -0.2) is 45.7 Å². The summed E-state index contributed by atoms with van der Waals surface area (Å²) in [4.78, 5) is 25.2. The van der Waals surface area contributed by atoms with Crippen molar-refractivity contribution in [3.8, 4) is 0 Å². The summed E-state index contributed by atoms with van der Waals surface area (Å²) >= 11 is 1.56. The van der Waals surface area contributed by atoms with Gasteiger partial charge in [0.15, 0.2) is 0 Å². The van der Waals surface area contributed by atoms with E-state index in [1.165, 1.54) is 17.7 Å². The van der Waals surface area contributed by atoms with E-state index in [1.807, 2.05) is 13.8 Å². The van der Waals surface area contributed by atoms with Gasteiger partial charge in [-0.3, -0.25) is 4.90 Å². The minimum atomic E-state index is -0.911. The van der Waals surface area contributed by atoms with Gasteiger partial charge in [0.2, 0.25) is 0 Å². The number of carboxylic acids is 1. The molecule has 1 aliphatic heterocycles. The molecule has 0 spiro atoms. The van der Waals surface area contributed by atoms with Gasteiger partial charge in [-0.05, 0) is 30.6 Å². The van der Waals surface area contributed by atoms with Crippen molar-refractivity contribution in [1.29, 1.82) is 0 Å². The van der Waals surface area contributed by atoms with Crippen molar-refractivity contribution < 1.29 is 14.7 Å². The maximum Gasteiger partial charge on any atom is 0.327 e. The Morgan fingerprint density at radius 3 is 2.50 bits per heavy atom. The van der Waals surface area contributed by atoms with Crippen LogP contribution in [0.1, 0.15) is 33.6 Å². The Morgan fingerprint density at radius 2 is 2.00 bits per heavy atom. The first-order valence-electron chi connectivity index (χ1n) is 7.32. The van der Waals surface area contributed by atoms with Crippen molar-refractivity contribution in [3.63, 3.8) is 0 Å². The van der Waals surface area contributed by atoms with E-state index < -0.39 is 12.0 Å². The zero-order valence-electron chi connectivity index (χ0n) is 12.3. The van der Waals surface area contributed by atoms with Crippen molar-refractivity contribution in [2.75, 3.05) is 12.3 Å². The summed E-state index contributed by atoms with van der Waals surface area (Å²) in [6.07, 6.45) is 2.51. The van der Waals surface area contributed by atoms with Gasteiger partial charge in [-0.1, -0.05) is 20.8 Å². The number of carboxylic acid groups (broad SMARTS) is 1. The van der Waals surface area contributed by atoms with Crippen LogP contribution in [0.2, 0.25) is 0 Å². The van der Waals surface area contributed by atoms with Gasteiger partial charge < -0.3 is 10.4 Å². The van der Waals surface area contributed by atoms with Crippen molar-refractivity contribution >= 4 is 23.8 Å². The highest BCUT2D eigenvalue weighted by Crippen LogP contribution is 2.36. The van der Waals surface area contributed by atoms with Crippen LogP contribution in [0.4, 0.5) is 4.79 Å². The van der Waals surface area contributed by atoms with Crippen LogP contribution in [0, 0.1) is 17.8 Å². The molecule has 0 aromatic heterocycles. The van der Waals surface area contributed by atoms with Crippen molar-refractivity contribution in [2.45, 2.75) is 45.0 Å². The lowest BCUT2D eigenvalue weighted by Crippen LogP contribution is -2.52. The molecule has 0 bridgehead atoms. The molecular formula is C14H24N2O3S. The Kier molecular flexibility index (Phi) is 4.83. The number of hydrogen-bond donors (Lipinski definition) is 2. The van der Waals surface area contributed by atoms with Crippen LogP contribution in [0.15, 0.2) is 0 Å². The Bertz CT molecular complexity index is 385. The molecule has 1 aliphatic carbocycles. The van der Waals surface area contributed by atoms with Crippen LogP contribution in [0.25, 0.3) is 0 Å². The van der Waals surface area contributed by atoms with Crippen LogP contribution in [0.5, 0.6) is 0 Å². The lowest BCUT2D eigenvalue weighted by Gasteiger charge is -2.30. The standard InChI is InChI=1S/C14H24N2O3S/c1-8(2)12-16(11(7-20-12)13(17)18)14(19)15-6-9(3)10-4-5-10/h8-12H,4-7H2,1-3H3,(H,15,19)(H,17,18). The number of nitrogens with zero attached hydrogens (tertiary/aromatic N) is 1. The molecule has 2 fully saturated rings. The summed E-state index contributed by atoms with van der Waals surface area (Å²) in [5.41, 5.74) is 0. The number of carbonyl (C=O) groups excluding carboxylic acids is 1. The summed E-state index contributed by atoms with van der Waals surface area (Å²) in [6, 6.07) is -0.933. The normalized spacial score (nSPS) is 27.7. The molecule has 1 saturated carbocycles. The van der Waals surface area contributed by atoms with E-state index in [1.54, 1.807) is 11.8 Å². The first-order valence-corrected chi connectivity index (χ1v) is 8.37. The number of urea groups is 1. The van der Waals surface area contributed by atoms with E-state index in [0.717, 1.165) is 5.92 Å². The first kappa shape index (κ1) is 15.5. The second kappa shape index (κ2) is 6.24. The highest BCUT2D eigenvalue weighted by molar-refractivity contribution is 8.00. The quantitative estimate of drug-likeness (QED) is 0.817. The smallest absolute Gasteiger partial charge is 0.327 e. The third-order valence-electron chi connectivity index (χ3n) is 4.13. The number of amides is 2. The predicted molar refractivity (Wildman–Crippen MR) is 79.6 cm³/mol. The fraction of sp³-hybridized carbons (Fsp3) is 0.857. The van der Waals surface area contributed by atoms with E-state index in [-0.39, 0.29) is 17.3 Å². The number of rotatable bonds is 5. The Hall–Kier alpha value is -0.910. The van der Waals surface area contributed by atoms with Crippen LogP contribution < -0.4 is 5.32 Å².